The van der Waals surface area contributed by atoms with Crippen molar-refractivity contribution >= 4 is 5.78 Å². The second-order valence-electron chi connectivity index (χ2n) is 3.27. The summed E-state index contributed by atoms with van der Waals surface area (Å²) in [4.78, 5) is 11.4. The Kier molecular flexibility index (Phi) is 2.65. The van der Waals surface area contributed by atoms with E-state index in [1.165, 1.54) is 0 Å². The molecule has 0 spiro atoms. The minimum atomic E-state index is -0.741. The Labute approximate surface area is 72.0 Å². The van der Waals surface area contributed by atoms with E-state index < -0.39 is 5.60 Å². The number of Topliss-reactive ketones (excluding diaryl/α,β-unsaturated/α-hetero) is 1. The second kappa shape index (κ2) is 3.37. The molecule has 0 aliphatic carbocycles. The molecule has 0 radical (unpaired) electrons. The number of aliphatic hydroxyl groups is 1. The van der Waals surface area contributed by atoms with Gasteiger partial charge in [0.1, 0.15) is 5.60 Å². The highest BCUT2D eigenvalue weighted by Gasteiger charge is 2.42. The Morgan fingerprint density at radius 2 is 2.58 bits per heavy atom. The summed E-state index contributed by atoms with van der Waals surface area (Å²) in [7, 11) is 0. The highest BCUT2D eigenvalue weighted by Crippen LogP contribution is 2.29. The van der Waals surface area contributed by atoms with Crippen LogP contribution >= 0.6 is 0 Å². The third-order valence-corrected chi connectivity index (χ3v) is 2.17. The zero-order chi connectivity index (χ0) is 9.19. The maximum atomic E-state index is 11.4. The van der Waals surface area contributed by atoms with Crippen LogP contribution in [0.15, 0.2) is 12.7 Å². The lowest BCUT2D eigenvalue weighted by Crippen LogP contribution is -2.31. The van der Waals surface area contributed by atoms with Crippen LogP contribution in [-0.4, -0.2) is 29.2 Å². The van der Waals surface area contributed by atoms with Crippen molar-refractivity contribution in [1.29, 1.82) is 0 Å². The van der Waals surface area contributed by atoms with Crippen LogP contribution in [0.1, 0.15) is 19.8 Å². The van der Waals surface area contributed by atoms with Crippen molar-refractivity contribution in [3.8, 4) is 0 Å². The van der Waals surface area contributed by atoms with E-state index in [0.717, 1.165) is 0 Å². The van der Waals surface area contributed by atoms with Crippen LogP contribution in [-0.2, 0) is 9.53 Å². The molecule has 0 aromatic heterocycles. The van der Waals surface area contributed by atoms with Gasteiger partial charge in [-0.1, -0.05) is 6.08 Å². The molecular formula is C9H14O3. The molecule has 0 aromatic rings. The van der Waals surface area contributed by atoms with Crippen molar-refractivity contribution in [1.82, 2.24) is 0 Å². The Hall–Kier alpha value is -0.670. The topological polar surface area (TPSA) is 46.5 Å². The third kappa shape index (κ3) is 1.57. The van der Waals surface area contributed by atoms with Crippen molar-refractivity contribution in [2.45, 2.75) is 31.5 Å². The Morgan fingerprint density at radius 1 is 1.92 bits per heavy atom. The van der Waals surface area contributed by atoms with E-state index in [1.807, 2.05) is 0 Å². The summed E-state index contributed by atoms with van der Waals surface area (Å²) in [5.41, 5.74) is -0.741. The summed E-state index contributed by atoms with van der Waals surface area (Å²) >= 11 is 0. The van der Waals surface area contributed by atoms with Crippen LogP contribution < -0.4 is 0 Å². The van der Waals surface area contributed by atoms with E-state index in [4.69, 9.17) is 9.84 Å². The molecule has 12 heavy (non-hydrogen) atoms. The maximum Gasteiger partial charge on any atom is 0.167 e. The minimum Gasteiger partial charge on any atom is -0.394 e. The standard InChI is InChI=1S/C9H14O3/c1-3-4-9(2)8(11)5-7(6-10)12-9/h3,7,10H,1,4-6H2,2H3. The first kappa shape index (κ1) is 9.42. The Bertz CT molecular complexity index is 200. The van der Waals surface area contributed by atoms with Gasteiger partial charge in [-0.15, -0.1) is 6.58 Å². The van der Waals surface area contributed by atoms with Crippen molar-refractivity contribution in [3.05, 3.63) is 12.7 Å². The maximum absolute atomic E-state index is 11.4. The first-order valence-corrected chi connectivity index (χ1v) is 4.05. The number of rotatable bonds is 3. The van der Waals surface area contributed by atoms with Gasteiger partial charge < -0.3 is 9.84 Å². The lowest BCUT2D eigenvalue weighted by atomic mass is 9.97. The van der Waals surface area contributed by atoms with E-state index in [9.17, 15) is 4.79 Å². The molecule has 0 aromatic carbocycles. The van der Waals surface area contributed by atoms with Crippen molar-refractivity contribution in [2.24, 2.45) is 0 Å². The van der Waals surface area contributed by atoms with E-state index in [2.05, 4.69) is 6.58 Å². The molecule has 2 unspecified atom stereocenters. The number of aliphatic hydroxyl groups excluding tert-OH is 1. The van der Waals surface area contributed by atoms with Crippen molar-refractivity contribution < 1.29 is 14.6 Å². The smallest absolute Gasteiger partial charge is 0.167 e. The van der Waals surface area contributed by atoms with Crippen LogP contribution in [0.5, 0.6) is 0 Å². The lowest BCUT2D eigenvalue weighted by molar-refractivity contribution is -0.131. The number of hydrogen-bond donors (Lipinski definition) is 1. The zero-order valence-corrected chi connectivity index (χ0v) is 7.25. The van der Waals surface area contributed by atoms with Gasteiger partial charge in [-0.3, -0.25) is 4.79 Å². The molecule has 1 N–H and O–H groups in total. The van der Waals surface area contributed by atoms with Crippen LogP contribution in [0.4, 0.5) is 0 Å². The minimum absolute atomic E-state index is 0.0569. The molecule has 1 aliphatic rings. The first-order chi connectivity index (χ1) is 5.62. The summed E-state index contributed by atoms with van der Waals surface area (Å²) in [6.45, 7) is 5.22. The van der Waals surface area contributed by atoms with E-state index in [-0.39, 0.29) is 18.5 Å². The highest BCUT2D eigenvalue weighted by atomic mass is 16.5. The molecule has 0 amide bonds. The predicted molar refractivity (Wildman–Crippen MR) is 44.8 cm³/mol. The summed E-state index contributed by atoms with van der Waals surface area (Å²) < 4.78 is 5.38. The molecule has 0 bridgehead atoms. The third-order valence-electron chi connectivity index (χ3n) is 2.17. The molecular weight excluding hydrogens is 156 g/mol. The van der Waals surface area contributed by atoms with E-state index >= 15 is 0 Å². The number of carbonyl (C=O) groups is 1. The first-order valence-electron chi connectivity index (χ1n) is 4.05. The van der Waals surface area contributed by atoms with Crippen LogP contribution in [0, 0.1) is 0 Å². The van der Waals surface area contributed by atoms with Gasteiger partial charge in [0.05, 0.1) is 12.7 Å². The molecule has 0 saturated carbocycles. The number of ketones is 1. The summed E-state index contributed by atoms with van der Waals surface area (Å²) in [5.74, 6) is 0.0569. The van der Waals surface area contributed by atoms with Gasteiger partial charge in [-0.2, -0.15) is 0 Å². The lowest BCUT2D eigenvalue weighted by Gasteiger charge is -2.20. The number of hydrogen-bond acceptors (Lipinski definition) is 3. The van der Waals surface area contributed by atoms with E-state index in [0.29, 0.717) is 12.8 Å². The highest BCUT2D eigenvalue weighted by molar-refractivity contribution is 5.89. The zero-order valence-electron chi connectivity index (χ0n) is 7.25. The van der Waals surface area contributed by atoms with Gasteiger partial charge in [0.15, 0.2) is 5.78 Å². The fourth-order valence-corrected chi connectivity index (χ4v) is 1.44. The fraction of sp³-hybridized carbons (Fsp3) is 0.667. The van der Waals surface area contributed by atoms with Gasteiger partial charge in [-0.25, -0.2) is 0 Å². The van der Waals surface area contributed by atoms with Gasteiger partial charge >= 0.3 is 0 Å². The van der Waals surface area contributed by atoms with Crippen molar-refractivity contribution in [3.63, 3.8) is 0 Å². The van der Waals surface area contributed by atoms with Crippen LogP contribution in [0.2, 0.25) is 0 Å². The van der Waals surface area contributed by atoms with Gasteiger partial charge in [-0.05, 0) is 6.92 Å². The normalized spacial score (nSPS) is 35.5. The van der Waals surface area contributed by atoms with Crippen LogP contribution in [0.25, 0.3) is 0 Å². The molecule has 1 rings (SSSR count). The summed E-state index contributed by atoms with van der Waals surface area (Å²) in [6.07, 6.45) is 2.18. The Balaban J connectivity index is 2.66. The molecule has 2 atom stereocenters. The average Bonchev–Trinajstić information content (AvgIpc) is 2.29. The Morgan fingerprint density at radius 3 is 3.00 bits per heavy atom. The fourth-order valence-electron chi connectivity index (χ4n) is 1.44. The number of carbonyl (C=O) groups excluding carboxylic acids is 1. The molecule has 1 fully saturated rings. The van der Waals surface area contributed by atoms with Gasteiger partial charge in [0.25, 0.3) is 0 Å². The van der Waals surface area contributed by atoms with E-state index in [1.54, 1.807) is 13.0 Å². The largest absolute Gasteiger partial charge is 0.394 e. The predicted octanol–water partition coefficient (Wildman–Crippen LogP) is 0.671. The van der Waals surface area contributed by atoms with Gasteiger partial charge in [0, 0.05) is 12.8 Å². The number of ether oxygens (including phenoxy) is 1. The average molecular weight is 170 g/mol. The molecule has 3 heteroatoms. The molecule has 1 aliphatic heterocycles. The summed E-state index contributed by atoms with van der Waals surface area (Å²) in [6, 6.07) is 0. The van der Waals surface area contributed by atoms with Crippen molar-refractivity contribution in [2.75, 3.05) is 6.61 Å². The molecule has 1 saturated heterocycles. The monoisotopic (exact) mass is 170 g/mol. The quantitative estimate of drug-likeness (QED) is 0.633. The van der Waals surface area contributed by atoms with Gasteiger partial charge in [0.2, 0.25) is 0 Å². The second-order valence-corrected chi connectivity index (χ2v) is 3.27. The molecule has 68 valence electrons. The van der Waals surface area contributed by atoms with Crippen LogP contribution in [0.3, 0.4) is 0 Å². The summed E-state index contributed by atoms with van der Waals surface area (Å²) in [5, 5.41) is 8.78. The molecule has 3 nitrogen and oxygen atoms in total. The molecule has 1 heterocycles. The SMILES string of the molecule is C=CCC1(C)OC(CO)CC1=O.